The van der Waals surface area contributed by atoms with Gasteiger partial charge in [0, 0.05) is 0 Å². The molecule has 4 heteroatoms. The molecular formula is C14H20O4. The second kappa shape index (κ2) is 4.25. The van der Waals surface area contributed by atoms with Crippen molar-refractivity contribution in [1.29, 1.82) is 0 Å². The lowest BCUT2D eigenvalue weighted by molar-refractivity contribution is -0.203. The number of fused-ring (bicyclic) bond motifs is 2. The van der Waals surface area contributed by atoms with Crippen molar-refractivity contribution in [1.82, 2.24) is 0 Å². The fourth-order valence-corrected chi connectivity index (χ4v) is 4.82. The van der Waals surface area contributed by atoms with Crippen molar-refractivity contribution in [3.63, 3.8) is 0 Å². The maximum atomic E-state index is 11.9. The number of hydrogen-bond acceptors (Lipinski definition) is 4. The Balaban J connectivity index is 1.88. The molecular weight excluding hydrogens is 232 g/mol. The standard InChI is InChI=1S/C14H20O4/c1-17-13(15)11-9-7-3-5-8(6-4-7)10(9)12(11)14(16)18-2/h7-12H,3-6H2,1-2H3/t7?,8?,9-,10+,11-,12-/m1/s1. The number of ether oxygens (including phenoxy) is 2. The van der Waals surface area contributed by atoms with Gasteiger partial charge in [-0.25, -0.2) is 0 Å². The van der Waals surface area contributed by atoms with Crippen molar-refractivity contribution in [2.75, 3.05) is 14.2 Å². The van der Waals surface area contributed by atoms with Gasteiger partial charge in [0.05, 0.1) is 26.1 Å². The first-order valence-electron chi connectivity index (χ1n) is 6.84. The quantitative estimate of drug-likeness (QED) is 0.701. The summed E-state index contributed by atoms with van der Waals surface area (Å²) in [7, 11) is 2.82. The lowest BCUT2D eigenvalue weighted by atomic mass is 9.42. The Morgan fingerprint density at radius 1 is 0.778 bits per heavy atom. The van der Waals surface area contributed by atoms with Crippen LogP contribution in [0, 0.1) is 35.5 Å². The Kier molecular flexibility index (Phi) is 2.83. The summed E-state index contributed by atoms with van der Waals surface area (Å²) in [6.45, 7) is 0. The van der Waals surface area contributed by atoms with E-state index in [1.165, 1.54) is 39.9 Å². The van der Waals surface area contributed by atoms with Gasteiger partial charge in [0.25, 0.3) is 0 Å². The molecule has 0 heterocycles. The number of rotatable bonds is 2. The zero-order chi connectivity index (χ0) is 12.9. The molecule has 4 saturated carbocycles. The Labute approximate surface area is 107 Å². The van der Waals surface area contributed by atoms with Gasteiger partial charge < -0.3 is 9.47 Å². The van der Waals surface area contributed by atoms with Gasteiger partial charge in [0.2, 0.25) is 0 Å². The predicted octanol–water partition coefficient (Wildman–Crippen LogP) is 1.63. The van der Waals surface area contributed by atoms with Gasteiger partial charge in [0.15, 0.2) is 0 Å². The van der Waals surface area contributed by atoms with Crippen molar-refractivity contribution in [2.24, 2.45) is 35.5 Å². The van der Waals surface area contributed by atoms with Gasteiger partial charge in [-0.3, -0.25) is 9.59 Å². The highest BCUT2D eigenvalue weighted by Gasteiger charge is 2.65. The van der Waals surface area contributed by atoms with E-state index < -0.39 is 0 Å². The van der Waals surface area contributed by atoms with Crippen molar-refractivity contribution in [3.05, 3.63) is 0 Å². The molecule has 4 aliphatic carbocycles. The normalized spacial score (nSPS) is 44.8. The third-order valence-corrected chi connectivity index (χ3v) is 5.51. The summed E-state index contributed by atoms with van der Waals surface area (Å²) in [5.74, 6) is 1.03. The monoisotopic (exact) mass is 252 g/mol. The number of hydrogen-bond donors (Lipinski definition) is 0. The topological polar surface area (TPSA) is 52.6 Å². The van der Waals surface area contributed by atoms with Crippen molar-refractivity contribution in [3.8, 4) is 0 Å². The third kappa shape index (κ3) is 1.44. The number of methoxy groups -OCH3 is 2. The zero-order valence-corrected chi connectivity index (χ0v) is 10.9. The minimum Gasteiger partial charge on any atom is -0.469 e. The first-order chi connectivity index (χ1) is 8.69. The highest BCUT2D eigenvalue weighted by Crippen LogP contribution is 2.63. The molecule has 100 valence electrons. The molecule has 0 aromatic carbocycles. The molecule has 4 nitrogen and oxygen atoms in total. The van der Waals surface area contributed by atoms with Crippen LogP contribution in [0.5, 0.6) is 0 Å². The summed E-state index contributed by atoms with van der Waals surface area (Å²) in [4.78, 5) is 23.9. The molecule has 4 aliphatic rings. The number of carbonyl (C=O) groups is 2. The average molecular weight is 252 g/mol. The lowest BCUT2D eigenvalue weighted by Crippen LogP contribution is -2.63. The minimum absolute atomic E-state index is 0.223. The van der Waals surface area contributed by atoms with Crippen LogP contribution >= 0.6 is 0 Å². The molecule has 2 bridgehead atoms. The fraction of sp³-hybridized carbons (Fsp3) is 0.857. The Morgan fingerprint density at radius 3 is 1.39 bits per heavy atom. The molecule has 0 aliphatic heterocycles. The number of esters is 2. The van der Waals surface area contributed by atoms with E-state index in [-0.39, 0.29) is 23.8 Å². The Bertz CT molecular complexity index is 334. The van der Waals surface area contributed by atoms with Crippen LogP contribution in [0.25, 0.3) is 0 Å². The van der Waals surface area contributed by atoms with Gasteiger partial charge >= 0.3 is 11.9 Å². The molecule has 0 aromatic rings. The molecule has 0 radical (unpaired) electrons. The second-order valence-corrected chi connectivity index (χ2v) is 5.93. The van der Waals surface area contributed by atoms with Crippen LogP contribution < -0.4 is 0 Å². The van der Waals surface area contributed by atoms with Crippen molar-refractivity contribution in [2.45, 2.75) is 25.7 Å². The molecule has 0 amide bonds. The summed E-state index contributed by atoms with van der Waals surface area (Å²) < 4.78 is 9.78. The highest BCUT2D eigenvalue weighted by molar-refractivity contribution is 5.85. The van der Waals surface area contributed by atoms with E-state index in [0.717, 1.165) is 0 Å². The van der Waals surface area contributed by atoms with Crippen LogP contribution in [0.1, 0.15) is 25.7 Å². The second-order valence-electron chi connectivity index (χ2n) is 5.93. The van der Waals surface area contributed by atoms with Crippen LogP contribution in [0.4, 0.5) is 0 Å². The Hall–Kier alpha value is -1.06. The third-order valence-electron chi connectivity index (χ3n) is 5.51. The summed E-state index contributed by atoms with van der Waals surface area (Å²) in [6.07, 6.45) is 4.86. The first-order valence-corrected chi connectivity index (χ1v) is 6.84. The fourth-order valence-electron chi connectivity index (χ4n) is 4.82. The van der Waals surface area contributed by atoms with E-state index in [1.54, 1.807) is 0 Å². The van der Waals surface area contributed by atoms with E-state index in [0.29, 0.717) is 23.7 Å². The molecule has 4 atom stereocenters. The SMILES string of the molecule is COC(=O)[C@H]1[C@H](C(=O)OC)[C@@H]2C3CCC(CC3)[C@H]12. The van der Waals surface area contributed by atoms with Gasteiger partial charge in [-0.15, -0.1) is 0 Å². The highest BCUT2D eigenvalue weighted by atomic mass is 16.5. The van der Waals surface area contributed by atoms with Crippen LogP contribution in [0.3, 0.4) is 0 Å². The van der Waals surface area contributed by atoms with Crippen LogP contribution in [0.15, 0.2) is 0 Å². The van der Waals surface area contributed by atoms with Crippen molar-refractivity contribution < 1.29 is 19.1 Å². The average Bonchev–Trinajstić information content (AvgIpc) is 2.38. The van der Waals surface area contributed by atoms with Gasteiger partial charge in [-0.2, -0.15) is 0 Å². The van der Waals surface area contributed by atoms with E-state index >= 15 is 0 Å². The van der Waals surface area contributed by atoms with Gasteiger partial charge in [-0.1, -0.05) is 0 Å². The maximum Gasteiger partial charge on any atom is 0.309 e. The largest absolute Gasteiger partial charge is 0.469 e. The summed E-state index contributed by atoms with van der Waals surface area (Å²) in [5.41, 5.74) is 0. The Morgan fingerprint density at radius 2 is 1.11 bits per heavy atom. The van der Waals surface area contributed by atoms with E-state index in [2.05, 4.69) is 0 Å². The smallest absolute Gasteiger partial charge is 0.309 e. The van der Waals surface area contributed by atoms with Crippen LogP contribution in [0.2, 0.25) is 0 Å². The molecule has 0 spiro atoms. The first kappa shape index (κ1) is 12.0. The van der Waals surface area contributed by atoms with Crippen LogP contribution in [-0.4, -0.2) is 26.2 Å². The lowest BCUT2D eigenvalue weighted by Gasteiger charge is -2.61. The van der Waals surface area contributed by atoms with E-state index in [1.807, 2.05) is 0 Å². The molecule has 0 saturated heterocycles. The molecule has 0 unspecified atom stereocenters. The maximum absolute atomic E-state index is 11.9. The molecule has 4 fully saturated rings. The summed E-state index contributed by atoms with van der Waals surface area (Å²) in [6, 6.07) is 0. The molecule has 0 aromatic heterocycles. The molecule has 18 heavy (non-hydrogen) atoms. The van der Waals surface area contributed by atoms with E-state index in [4.69, 9.17) is 9.47 Å². The minimum atomic E-state index is -0.249. The van der Waals surface area contributed by atoms with Crippen LogP contribution in [-0.2, 0) is 19.1 Å². The molecule has 4 rings (SSSR count). The number of carbonyl (C=O) groups excluding carboxylic acids is 2. The summed E-state index contributed by atoms with van der Waals surface area (Å²) >= 11 is 0. The van der Waals surface area contributed by atoms with Gasteiger partial charge in [0.1, 0.15) is 0 Å². The predicted molar refractivity (Wildman–Crippen MR) is 63.4 cm³/mol. The zero-order valence-electron chi connectivity index (χ0n) is 10.9. The summed E-state index contributed by atoms with van der Waals surface area (Å²) in [5, 5.41) is 0. The van der Waals surface area contributed by atoms with Crippen molar-refractivity contribution >= 4 is 11.9 Å². The molecule has 0 N–H and O–H groups in total. The van der Waals surface area contributed by atoms with E-state index in [9.17, 15) is 9.59 Å². The van der Waals surface area contributed by atoms with Gasteiger partial charge in [-0.05, 0) is 49.4 Å².